The molecule has 0 unspecified atom stereocenters. The van der Waals surface area contributed by atoms with Crippen LogP contribution in [0.3, 0.4) is 0 Å². The standard InChI is InChI=1S/C17H39NO3Si3/c1-13(20-24(11,12)17(2,3)4)14-15(19)18(22(5,6)7)16(14)21-23(8,9)10/h13-14,16H,1-12H3/t13-,14+,16-/m1/s1. The molecule has 0 spiro atoms. The van der Waals surface area contributed by atoms with Gasteiger partial charge in [-0.15, -0.1) is 0 Å². The number of rotatable bonds is 6. The molecule has 1 heterocycles. The van der Waals surface area contributed by atoms with Gasteiger partial charge in [-0.25, -0.2) is 0 Å². The summed E-state index contributed by atoms with van der Waals surface area (Å²) in [5.74, 6) is 0.0706. The Labute approximate surface area is 152 Å². The van der Waals surface area contributed by atoms with Crippen LogP contribution >= 0.6 is 0 Å². The lowest BCUT2D eigenvalue weighted by Crippen LogP contribution is -2.74. The van der Waals surface area contributed by atoms with Gasteiger partial charge in [0.15, 0.2) is 24.9 Å². The molecule has 1 saturated heterocycles. The topological polar surface area (TPSA) is 38.8 Å². The SMILES string of the molecule is C[C@@H](O[Si](C)(C)C(C)(C)C)[C@H]1C(=O)N([Si](C)(C)C)[C@@H]1O[Si](C)(C)C. The molecule has 0 bridgehead atoms. The molecular weight excluding hydrogens is 350 g/mol. The Bertz CT molecular complexity index is 475. The third kappa shape index (κ3) is 4.81. The van der Waals surface area contributed by atoms with Crippen LogP contribution < -0.4 is 0 Å². The van der Waals surface area contributed by atoms with Crippen molar-refractivity contribution < 1.29 is 13.6 Å². The monoisotopic (exact) mass is 389 g/mol. The van der Waals surface area contributed by atoms with Gasteiger partial charge in [0.2, 0.25) is 5.91 Å². The minimum absolute atomic E-state index is 0.0904. The first-order chi connectivity index (χ1) is 10.4. The molecule has 0 aromatic heterocycles. The Morgan fingerprint density at radius 1 is 1.00 bits per heavy atom. The highest BCUT2D eigenvalue weighted by atomic mass is 28.4. The van der Waals surface area contributed by atoms with Crippen LogP contribution in [-0.4, -0.2) is 47.7 Å². The minimum atomic E-state index is -1.90. The summed E-state index contributed by atoms with van der Waals surface area (Å²) in [6, 6.07) is 0. The molecule has 0 aromatic rings. The second kappa shape index (κ2) is 6.65. The highest BCUT2D eigenvalue weighted by molar-refractivity contribution is 6.76. The quantitative estimate of drug-likeness (QED) is 0.480. The number of nitrogens with zero attached hydrogens (tertiary/aromatic N) is 1. The maximum absolute atomic E-state index is 12.9. The van der Waals surface area contributed by atoms with Crippen molar-refractivity contribution in [1.82, 2.24) is 4.57 Å². The lowest BCUT2D eigenvalue weighted by molar-refractivity contribution is -0.173. The molecule has 7 heteroatoms. The third-order valence-electron chi connectivity index (χ3n) is 5.07. The van der Waals surface area contributed by atoms with Gasteiger partial charge in [-0.1, -0.05) is 40.4 Å². The zero-order chi connectivity index (χ0) is 19.3. The van der Waals surface area contributed by atoms with E-state index in [1.54, 1.807) is 0 Å². The van der Waals surface area contributed by atoms with Crippen molar-refractivity contribution in [3.8, 4) is 0 Å². The molecule has 4 nitrogen and oxygen atoms in total. The molecule has 1 amide bonds. The van der Waals surface area contributed by atoms with E-state index in [0.29, 0.717) is 0 Å². The van der Waals surface area contributed by atoms with Crippen molar-refractivity contribution in [3.63, 3.8) is 0 Å². The van der Waals surface area contributed by atoms with E-state index in [4.69, 9.17) is 8.85 Å². The van der Waals surface area contributed by atoms with E-state index in [-0.39, 0.29) is 29.2 Å². The molecule has 142 valence electrons. The van der Waals surface area contributed by atoms with E-state index in [1.165, 1.54) is 0 Å². The van der Waals surface area contributed by atoms with Gasteiger partial charge in [-0.3, -0.25) is 4.79 Å². The van der Waals surface area contributed by atoms with Gasteiger partial charge in [0.05, 0.1) is 6.10 Å². The number of hydrogen-bond donors (Lipinski definition) is 0. The van der Waals surface area contributed by atoms with Crippen molar-refractivity contribution in [2.75, 3.05) is 0 Å². The average Bonchev–Trinajstić information content (AvgIpc) is 2.21. The summed E-state index contributed by atoms with van der Waals surface area (Å²) in [4.78, 5) is 12.9. The smallest absolute Gasteiger partial charge is 0.226 e. The molecular formula is C17H39NO3Si3. The molecule has 1 aliphatic heterocycles. The van der Waals surface area contributed by atoms with Crippen LogP contribution in [0.5, 0.6) is 0 Å². The fourth-order valence-electron chi connectivity index (χ4n) is 2.83. The Balaban J connectivity index is 3.02. The normalized spacial score (nSPS) is 24.8. The number of hydrogen-bond acceptors (Lipinski definition) is 3. The highest BCUT2D eigenvalue weighted by Gasteiger charge is 2.57. The molecule has 0 saturated carbocycles. The highest BCUT2D eigenvalue weighted by Crippen LogP contribution is 2.42. The maximum atomic E-state index is 12.9. The van der Waals surface area contributed by atoms with Crippen molar-refractivity contribution in [1.29, 1.82) is 0 Å². The first kappa shape index (κ1) is 22.1. The maximum Gasteiger partial charge on any atom is 0.226 e. The van der Waals surface area contributed by atoms with E-state index in [0.717, 1.165) is 0 Å². The predicted octanol–water partition coefficient (Wildman–Crippen LogP) is 4.87. The van der Waals surface area contributed by atoms with Crippen LogP contribution in [0.15, 0.2) is 0 Å². The summed E-state index contributed by atoms with van der Waals surface area (Å²) in [5.41, 5.74) is 0. The summed E-state index contributed by atoms with van der Waals surface area (Å²) in [7, 11) is -5.39. The van der Waals surface area contributed by atoms with Crippen LogP contribution in [0.25, 0.3) is 0 Å². The summed E-state index contributed by atoms with van der Waals surface area (Å²) >= 11 is 0. The van der Waals surface area contributed by atoms with Crippen molar-refractivity contribution in [2.24, 2.45) is 5.92 Å². The molecule has 1 fully saturated rings. The molecule has 24 heavy (non-hydrogen) atoms. The van der Waals surface area contributed by atoms with Crippen molar-refractivity contribution in [3.05, 3.63) is 0 Å². The number of carbonyl (C=O) groups is 1. The van der Waals surface area contributed by atoms with Gasteiger partial charge < -0.3 is 13.4 Å². The van der Waals surface area contributed by atoms with Crippen LogP contribution in [-0.2, 0) is 13.6 Å². The predicted molar refractivity (Wildman–Crippen MR) is 110 cm³/mol. The molecule has 0 aliphatic carbocycles. The summed E-state index contributed by atoms with van der Waals surface area (Å²) in [5, 5.41) is 0.141. The number of β-lactam (4-membered cyclic amide) rings is 1. The van der Waals surface area contributed by atoms with Gasteiger partial charge >= 0.3 is 0 Å². The lowest BCUT2D eigenvalue weighted by atomic mass is 9.94. The van der Waals surface area contributed by atoms with E-state index in [9.17, 15) is 4.79 Å². The fourth-order valence-corrected chi connectivity index (χ4v) is 7.13. The molecule has 0 radical (unpaired) electrons. The number of carbonyl (C=O) groups excluding carboxylic acids is 1. The van der Waals surface area contributed by atoms with Gasteiger partial charge in [-0.2, -0.15) is 0 Å². The molecule has 3 atom stereocenters. The summed E-state index contributed by atoms with van der Waals surface area (Å²) in [6.07, 6.45) is -0.192. The van der Waals surface area contributed by atoms with Crippen molar-refractivity contribution >= 4 is 30.8 Å². The molecule has 1 rings (SSSR count). The fraction of sp³-hybridized carbons (Fsp3) is 0.941. The Hall–Kier alpha value is 0.0406. The van der Waals surface area contributed by atoms with E-state index >= 15 is 0 Å². The van der Waals surface area contributed by atoms with E-state index in [2.05, 4.69) is 80.1 Å². The van der Waals surface area contributed by atoms with Crippen LogP contribution in [0.4, 0.5) is 0 Å². The van der Waals surface area contributed by atoms with Gasteiger partial charge in [0.25, 0.3) is 0 Å². The first-order valence-electron chi connectivity index (χ1n) is 9.07. The minimum Gasteiger partial charge on any atom is -0.413 e. The number of amides is 1. The van der Waals surface area contributed by atoms with Gasteiger partial charge in [-0.05, 0) is 44.7 Å². The summed E-state index contributed by atoms with van der Waals surface area (Å²) in [6.45, 7) is 26.5. The van der Waals surface area contributed by atoms with Crippen LogP contribution in [0.2, 0.25) is 57.4 Å². The zero-order valence-electron chi connectivity index (χ0n) is 17.9. The van der Waals surface area contributed by atoms with Crippen molar-refractivity contribution in [2.45, 2.75) is 97.4 Å². The largest absolute Gasteiger partial charge is 0.413 e. The molecule has 0 N–H and O–H groups in total. The molecule has 1 aliphatic rings. The Morgan fingerprint density at radius 3 is 1.79 bits per heavy atom. The van der Waals surface area contributed by atoms with Crippen LogP contribution in [0.1, 0.15) is 27.7 Å². The second-order valence-corrected chi connectivity index (χ2v) is 24.6. The van der Waals surface area contributed by atoms with E-state index < -0.39 is 24.9 Å². The second-order valence-electron chi connectivity index (χ2n) is 10.6. The third-order valence-corrected chi connectivity index (χ3v) is 12.5. The lowest BCUT2D eigenvalue weighted by Gasteiger charge is -2.57. The Kier molecular flexibility index (Phi) is 6.11. The summed E-state index contributed by atoms with van der Waals surface area (Å²) < 4.78 is 15.0. The zero-order valence-corrected chi connectivity index (χ0v) is 20.9. The van der Waals surface area contributed by atoms with Crippen LogP contribution in [0, 0.1) is 5.92 Å². The Morgan fingerprint density at radius 2 is 1.46 bits per heavy atom. The van der Waals surface area contributed by atoms with Gasteiger partial charge in [0, 0.05) is 0 Å². The first-order valence-corrected chi connectivity index (χ1v) is 18.8. The van der Waals surface area contributed by atoms with E-state index in [1.807, 2.05) is 4.57 Å². The average molecular weight is 390 g/mol. The van der Waals surface area contributed by atoms with Gasteiger partial charge in [0.1, 0.15) is 12.1 Å². The molecule has 0 aromatic carbocycles.